The molecule has 1 aliphatic heterocycles. The summed E-state index contributed by atoms with van der Waals surface area (Å²) in [6.07, 6.45) is 0. The van der Waals surface area contributed by atoms with Crippen molar-refractivity contribution in [3.05, 3.63) is 51.9 Å². The van der Waals surface area contributed by atoms with Gasteiger partial charge in [-0.25, -0.2) is 8.42 Å². The van der Waals surface area contributed by atoms with E-state index in [1.54, 1.807) is 13.0 Å². The van der Waals surface area contributed by atoms with Gasteiger partial charge in [-0.1, -0.05) is 6.07 Å². The molecule has 1 fully saturated rings. The molecule has 144 valence electrons. The molecule has 3 rings (SSSR count). The number of ether oxygens (including phenoxy) is 1. The molecule has 1 N–H and O–H groups in total. The molecule has 8 heteroatoms. The Morgan fingerprint density at radius 1 is 1.00 bits per heavy atom. The molecule has 0 unspecified atom stereocenters. The number of rotatable bonds is 5. The van der Waals surface area contributed by atoms with Crippen LogP contribution in [0.5, 0.6) is 11.5 Å². The molecule has 1 heterocycles. The van der Waals surface area contributed by atoms with Crippen molar-refractivity contribution in [3.63, 3.8) is 0 Å². The van der Waals surface area contributed by atoms with Crippen molar-refractivity contribution in [2.24, 2.45) is 5.18 Å². The summed E-state index contributed by atoms with van der Waals surface area (Å²) in [6, 6.07) is 8.56. The lowest BCUT2D eigenvalue weighted by molar-refractivity contribution is 0.358. The zero-order valence-electron chi connectivity index (χ0n) is 15.7. The highest BCUT2D eigenvalue weighted by atomic mass is 32.2. The summed E-state index contributed by atoms with van der Waals surface area (Å²) in [7, 11) is -3.81. The van der Waals surface area contributed by atoms with Gasteiger partial charge < -0.3 is 10.1 Å². The van der Waals surface area contributed by atoms with E-state index in [2.05, 4.69) is 10.5 Å². The second kappa shape index (κ2) is 7.75. The van der Waals surface area contributed by atoms with Crippen molar-refractivity contribution >= 4 is 15.7 Å². The van der Waals surface area contributed by atoms with E-state index in [4.69, 9.17) is 4.74 Å². The Morgan fingerprint density at radius 3 is 2.22 bits per heavy atom. The number of nitroso groups, excluding NO2 is 1. The van der Waals surface area contributed by atoms with Crippen LogP contribution >= 0.6 is 0 Å². The topological polar surface area (TPSA) is 88.1 Å². The molecule has 0 spiro atoms. The lowest BCUT2D eigenvalue weighted by Gasteiger charge is -2.27. The number of aryl methyl sites for hydroxylation is 3. The summed E-state index contributed by atoms with van der Waals surface area (Å²) >= 11 is 0. The van der Waals surface area contributed by atoms with Gasteiger partial charge in [0.2, 0.25) is 10.0 Å². The predicted molar refractivity (Wildman–Crippen MR) is 104 cm³/mol. The number of hydrogen-bond donors (Lipinski definition) is 1. The van der Waals surface area contributed by atoms with Crippen LogP contribution in [-0.4, -0.2) is 38.9 Å². The zero-order valence-corrected chi connectivity index (χ0v) is 16.5. The Kier molecular flexibility index (Phi) is 5.59. The lowest BCUT2D eigenvalue weighted by Crippen LogP contribution is -2.46. The Labute approximate surface area is 159 Å². The first-order chi connectivity index (χ1) is 12.8. The van der Waals surface area contributed by atoms with E-state index in [0.717, 1.165) is 11.1 Å². The number of piperazine rings is 1. The second-order valence-electron chi connectivity index (χ2n) is 6.76. The van der Waals surface area contributed by atoms with E-state index in [0.29, 0.717) is 37.5 Å². The van der Waals surface area contributed by atoms with Gasteiger partial charge in [-0.15, -0.1) is 4.91 Å². The second-order valence-corrected chi connectivity index (χ2v) is 8.66. The van der Waals surface area contributed by atoms with Gasteiger partial charge in [0.1, 0.15) is 22.1 Å². The highest BCUT2D eigenvalue weighted by molar-refractivity contribution is 7.89. The van der Waals surface area contributed by atoms with Gasteiger partial charge in [0.05, 0.1) is 0 Å². The molecule has 1 aliphatic rings. The molecule has 1 saturated heterocycles. The van der Waals surface area contributed by atoms with Crippen molar-refractivity contribution in [2.45, 2.75) is 25.7 Å². The largest absolute Gasteiger partial charge is 0.456 e. The maximum atomic E-state index is 13.2. The lowest BCUT2D eigenvalue weighted by atomic mass is 10.1. The first kappa shape index (κ1) is 19.5. The molecule has 0 aromatic heterocycles. The summed E-state index contributed by atoms with van der Waals surface area (Å²) in [6.45, 7) is 7.48. The molecule has 2 aromatic carbocycles. The van der Waals surface area contributed by atoms with Gasteiger partial charge in [0.15, 0.2) is 0 Å². The first-order valence-corrected chi connectivity index (χ1v) is 10.2. The quantitative estimate of drug-likeness (QED) is 0.792. The molecule has 7 nitrogen and oxygen atoms in total. The van der Waals surface area contributed by atoms with E-state index in [1.807, 2.05) is 32.0 Å². The van der Waals surface area contributed by atoms with E-state index in [-0.39, 0.29) is 16.3 Å². The summed E-state index contributed by atoms with van der Waals surface area (Å²) in [5.74, 6) is 0.749. The fraction of sp³-hybridized carbons (Fsp3) is 0.368. The third-order valence-electron chi connectivity index (χ3n) is 4.48. The molecule has 0 bridgehead atoms. The Morgan fingerprint density at radius 2 is 1.63 bits per heavy atom. The number of benzene rings is 2. The molecule has 0 radical (unpaired) electrons. The average molecular weight is 389 g/mol. The fourth-order valence-electron chi connectivity index (χ4n) is 3.17. The third kappa shape index (κ3) is 4.18. The monoisotopic (exact) mass is 389 g/mol. The number of nitrogens with zero attached hydrogens (tertiary/aromatic N) is 2. The van der Waals surface area contributed by atoms with E-state index < -0.39 is 10.0 Å². The summed E-state index contributed by atoms with van der Waals surface area (Å²) in [5.41, 5.74) is 2.68. The van der Waals surface area contributed by atoms with Gasteiger partial charge in [-0.2, -0.15) is 4.31 Å². The van der Waals surface area contributed by atoms with Crippen LogP contribution in [0.4, 0.5) is 5.69 Å². The van der Waals surface area contributed by atoms with Crippen LogP contribution in [0.1, 0.15) is 16.7 Å². The van der Waals surface area contributed by atoms with Crippen LogP contribution in [0.15, 0.2) is 40.4 Å². The van der Waals surface area contributed by atoms with Gasteiger partial charge in [0, 0.05) is 26.2 Å². The minimum Gasteiger partial charge on any atom is -0.456 e. The molecular weight excluding hydrogens is 366 g/mol. The number of sulfonamides is 1. The van der Waals surface area contributed by atoms with Crippen LogP contribution < -0.4 is 10.1 Å². The number of nitrogens with one attached hydrogen (secondary N) is 1. The van der Waals surface area contributed by atoms with Crippen molar-refractivity contribution in [1.29, 1.82) is 0 Å². The summed E-state index contributed by atoms with van der Waals surface area (Å²) in [5, 5.41) is 6.10. The van der Waals surface area contributed by atoms with Crippen LogP contribution in [0.25, 0.3) is 0 Å². The molecule has 0 amide bonds. The van der Waals surface area contributed by atoms with Crippen molar-refractivity contribution in [1.82, 2.24) is 9.62 Å². The first-order valence-electron chi connectivity index (χ1n) is 8.76. The van der Waals surface area contributed by atoms with Gasteiger partial charge in [-0.05, 0) is 66.9 Å². The fourth-order valence-corrected chi connectivity index (χ4v) is 4.73. The van der Waals surface area contributed by atoms with Crippen molar-refractivity contribution < 1.29 is 13.2 Å². The molecule has 27 heavy (non-hydrogen) atoms. The standard InChI is InChI=1S/C19H23N3O4S/c1-13-8-14(2)10-16(9-13)26-18-11-15(3)17(21-23)12-19(18)27(24,25)22-6-4-20-5-7-22/h8-12,20H,4-7H2,1-3H3. The Bertz CT molecular complexity index is 947. The van der Waals surface area contributed by atoms with Gasteiger partial charge >= 0.3 is 0 Å². The molecule has 0 aliphatic carbocycles. The molecular formula is C19H23N3O4S. The normalized spacial score (nSPS) is 15.5. The third-order valence-corrected chi connectivity index (χ3v) is 6.40. The maximum Gasteiger partial charge on any atom is 0.246 e. The highest BCUT2D eigenvalue weighted by Crippen LogP contribution is 2.36. The smallest absolute Gasteiger partial charge is 0.246 e. The van der Waals surface area contributed by atoms with Crippen molar-refractivity contribution in [2.75, 3.05) is 26.2 Å². The maximum absolute atomic E-state index is 13.2. The van der Waals surface area contributed by atoms with Crippen molar-refractivity contribution in [3.8, 4) is 11.5 Å². The minimum absolute atomic E-state index is 0.0382. The molecule has 0 saturated carbocycles. The summed E-state index contributed by atoms with van der Waals surface area (Å²) in [4.78, 5) is 11.1. The van der Waals surface area contributed by atoms with E-state index in [1.165, 1.54) is 10.4 Å². The van der Waals surface area contributed by atoms with Crippen LogP contribution in [0.2, 0.25) is 0 Å². The van der Waals surface area contributed by atoms with Gasteiger partial charge in [0.25, 0.3) is 0 Å². The van der Waals surface area contributed by atoms with E-state index in [9.17, 15) is 13.3 Å². The SMILES string of the molecule is Cc1cc(C)cc(Oc2cc(C)c(N=O)cc2S(=O)(=O)N2CCNCC2)c1. The van der Waals surface area contributed by atoms with Crippen LogP contribution in [0.3, 0.4) is 0 Å². The number of hydrogen-bond acceptors (Lipinski definition) is 6. The zero-order chi connectivity index (χ0) is 19.6. The minimum atomic E-state index is -3.81. The Hall–Kier alpha value is -2.29. The van der Waals surface area contributed by atoms with Crippen LogP contribution in [-0.2, 0) is 10.0 Å². The van der Waals surface area contributed by atoms with Crippen LogP contribution in [0, 0.1) is 25.7 Å². The molecule has 2 aromatic rings. The Balaban J connectivity index is 2.09. The average Bonchev–Trinajstić information content (AvgIpc) is 2.61. The molecule has 0 atom stereocenters. The predicted octanol–water partition coefficient (Wildman–Crippen LogP) is 3.40. The summed E-state index contributed by atoms with van der Waals surface area (Å²) < 4.78 is 33.7. The highest BCUT2D eigenvalue weighted by Gasteiger charge is 2.30. The van der Waals surface area contributed by atoms with Gasteiger partial charge in [-0.3, -0.25) is 0 Å². The van der Waals surface area contributed by atoms with E-state index >= 15 is 0 Å².